The third kappa shape index (κ3) is 6.12. The van der Waals surface area contributed by atoms with Crippen molar-refractivity contribution in [3.8, 4) is 0 Å². The molecule has 33 heavy (non-hydrogen) atoms. The maximum atomic E-state index is 14.0. The van der Waals surface area contributed by atoms with Crippen molar-refractivity contribution in [3.63, 3.8) is 0 Å². The first-order valence-corrected chi connectivity index (χ1v) is 12.5. The van der Waals surface area contributed by atoms with Gasteiger partial charge in [0.05, 0.1) is 31.3 Å². The number of piperazine rings is 1. The van der Waals surface area contributed by atoms with E-state index in [1.54, 1.807) is 0 Å². The molecule has 8 unspecified atom stereocenters. The molecule has 0 radical (unpaired) electrons. The van der Waals surface area contributed by atoms with Crippen LogP contribution in [0.3, 0.4) is 0 Å². The summed E-state index contributed by atoms with van der Waals surface area (Å²) in [5.41, 5.74) is 0. The molecule has 1 aliphatic carbocycles. The third-order valence-electron chi connectivity index (χ3n) is 7.76. The molecule has 8 atom stereocenters. The number of hydrogen-bond donors (Lipinski definition) is 5. The molecular formula is C22H40F2N5O4+. The Kier molecular flexibility index (Phi) is 8.75. The smallest absolute Gasteiger partial charge is 0.315 e. The molecule has 4 fully saturated rings. The minimum Gasteiger partial charge on any atom is -0.394 e. The first-order chi connectivity index (χ1) is 16.0. The number of piperidine rings is 1. The Balaban J connectivity index is 1.28. The lowest BCUT2D eigenvalue weighted by Crippen LogP contribution is -2.95. The summed E-state index contributed by atoms with van der Waals surface area (Å²) in [4.78, 5) is 17.1. The average molecular weight is 477 g/mol. The number of carbonyl (C=O) groups excluding carboxylic acids is 1. The summed E-state index contributed by atoms with van der Waals surface area (Å²) in [5, 5.41) is 28.2. The van der Waals surface area contributed by atoms with E-state index in [0.717, 1.165) is 26.2 Å². The van der Waals surface area contributed by atoms with Crippen molar-refractivity contribution in [1.29, 1.82) is 0 Å². The second kappa shape index (κ2) is 11.5. The van der Waals surface area contributed by atoms with Gasteiger partial charge >= 0.3 is 6.03 Å². The number of ether oxygens (including phenoxy) is 1. The summed E-state index contributed by atoms with van der Waals surface area (Å²) < 4.78 is 33.2. The van der Waals surface area contributed by atoms with Crippen molar-refractivity contribution < 1.29 is 33.8 Å². The molecule has 0 bridgehead atoms. The number of halogens is 2. The summed E-state index contributed by atoms with van der Waals surface area (Å²) in [6.07, 6.45) is 0.0124. The lowest BCUT2D eigenvalue weighted by Gasteiger charge is -2.42. The lowest BCUT2D eigenvalue weighted by molar-refractivity contribution is -0.717. The minimum absolute atomic E-state index is 0.135. The number of carbonyl (C=O) groups is 1. The van der Waals surface area contributed by atoms with Crippen LogP contribution < -0.4 is 16.0 Å². The zero-order valence-electron chi connectivity index (χ0n) is 19.2. The normalized spacial score (nSPS) is 41.1. The van der Waals surface area contributed by atoms with Gasteiger partial charge in [-0.2, -0.15) is 0 Å². The van der Waals surface area contributed by atoms with Gasteiger partial charge in [-0.3, -0.25) is 9.80 Å². The van der Waals surface area contributed by atoms with Gasteiger partial charge in [0.15, 0.2) is 0 Å². The zero-order chi connectivity index (χ0) is 23.4. The standard InChI is InChI=1S/C22H39F2N5O4/c23-14-4-5-16(15(24)11-14)27-22(32)26-12-17-20(21(31)18(13-30)33-17)29-9-7-28(8-10-29)19-3-1-2-6-25-19/h14-21,25,30-31H,1-13H2,(H2,26,27,32)/p+1. The van der Waals surface area contributed by atoms with E-state index in [2.05, 4.69) is 25.8 Å². The van der Waals surface area contributed by atoms with Crippen LogP contribution in [0.25, 0.3) is 0 Å². The number of hydrogen-bond acceptors (Lipinski definition) is 6. The fourth-order valence-electron chi connectivity index (χ4n) is 5.86. The minimum atomic E-state index is -1.40. The van der Waals surface area contributed by atoms with Crippen molar-refractivity contribution in [2.24, 2.45) is 0 Å². The quantitative estimate of drug-likeness (QED) is 0.326. The van der Waals surface area contributed by atoms with Crippen LogP contribution in [0, 0.1) is 0 Å². The monoisotopic (exact) mass is 476 g/mol. The van der Waals surface area contributed by atoms with E-state index in [1.165, 1.54) is 25.8 Å². The molecule has 3 saturated heterocycles. The largest absolute Gasteiger partial charge is 0.394 e. The summed E-state index contributed by atoms with van der Waals surface area (Å²) in [7, 11) is 0. The third-order valence-corrected chi connectivity index (χ3v) is 7.76. The Morgan fingerprint density at radius 2 is 1.82 bits per heavy atom. The van der Waals surface area contributed by atoms with Gasteiger partial charge in [0, 0.05) is 45.6 Å². The van der Waals surface area contributed by atoms with Gasteiger partial charge < -0.3 is 30.9 Å². The average Bonchev–Trinajstić information content (AvgIpc) is 3.15. The molecule has 0 spiro atoms. The maximum absolute atomic E-state index is 14.0. The summed E-state index contributed by atoms with van der Waals surface area (Å²) >= 11 is 0. The molecule has 9 nitrogen and oxygen atoms in total. The highest BCUT2D eigenvalue weighted by molar-refractivity contribution is 5.74. The van der Waals surface area contributed by atoms with Crippen molar-refractivity contribution in [2.75, 3.05) is 45.9 Å². The van der Waals surface area contributed by atoms with Crippen molar-refractivity contribution in [3.05, 3.63) is 0 Å². The molecule has 3 heterocycles. The highest BCUT2D eigenvalue weighted by Crippen LogP contribution is 2.27. The Morgan fingerprint density at radius 3 is 2.48 bits per heavy atom. The molecule has 0 aromatic carbocycles. The van der Waals surface area contributed by atoms with Crippen molar-refractivity contribution in [1.82, 2.24) is 20.4 Å². The van der Waals surface area contributed by atoms with Gasteiger partial charge in [-0.15, -0.1) is 0 Å². The second-order valence-corrected chi connectivity index (χ2v) is 9.92. The van der Waals surface area contributed by atoms with Crippen molar-refractivity contribution in [2.45, 2.75) is 87.4 Å². The summed E-state index contributed by atoms with van der Waals surface area (Å²) in [6, 6.07) is -1.56. The predicted octanol–water partition coefficient (Wildman–Crippen LogP) is -1.31. The molecule has 6 N–H and O–H groups in total. The molecule has 11 heteroatoms. The first-order valence-electron chi connectivity index (χ1n) is 12.5. The zero-order valence-corrected chi connectivity index (χ0v) is 19.2. The van der Waals surface area contributed by atoms with E-state index in [1.807, 2.05) is 0 Å². The fraction of sp³-hybridized carbons (Fsp3) is 0.955. The van der Waals surface area contributed by atoms with Gasteiger partial charge in [0.25, 0.3) is 0 Å². The lowest BCUT2D eigenvalue weighted by atomic mass is 9.92. The number of nitrogens with two attached hydrogens (primary N) is 1. The van der Waals surface area contributed by atoms with E-state index in [0.29, 0.717) is 6.17 Å². The van der Waals surface area contributed by atoms with E-state index in [-0.39, 0.29) is 38.5 Å². The van der Waals surface area contributed by atoms with Crippen LogP contribution in [0.5, 0.6) is 0 Å². The second-order valence-electron chi connectivity index (χ2n) is 9.92. The highest BCUT2D eigenvalue weighted by Gasteiger charge is 2.47. The number of aliphatic hydroxyl groups is 2. The maximum Gasteiger partial charge on any atom is 0.315 e. The summed E-state index contributed by atoms with van der Waals surface area (Å²) in [6.45, 7) is 4.39. The van der Waals surface area contributed by atoms with E-state index >= 15 is 0 Å². The highest BCUT2D eigenvalue weighted by atomic mass is 19.1. The molecule has 0 aromatic heterocycles. The Bertz CT molecular complexity index is 636. The van der Waals surface area contributed by atoms with E-state index in [9.17, 15) is 23.8 Å². The predicted molar refractivity (Wildman–Crippen MR) is 117 cm³/mol. The van der Waals surface area contributed by atoms with Crippen LogP contribution >= 0.6 is 0 Å². The Morgan fingerprint density at radius 1 is 1.06 bits per heavy atom. The van der Waals surface area contributed by atoms with Crippen LogP contribution in [-0.4, -0.2) is 121 Å². The van der Waals surface area contributed by atoms with Gasteiger partial charge in [0.2, 0.25) is 0 Å². The van der Waals surface area contributed by atoms with Gasteiger partial charge in [-0.1, -0.05) is 0 Å². The fourth-order valence-corrected chi connectivity index (χ4v) is 5.86. The molecular weight excluding hydrogens is 436 g/mol. The number of nitrogens with zero attached hydrogens (tertiary/aromatic N) is 2. The molecule has 1 saturated carbocycles. The van der Waals surface area contributed by atoms with Crippen LogP contribution in [-0.2, 0) is 4.74 Å². The first kappa shape index (κ1) is 25.0. The van der Waals surface area contributed by atoms with Crippen LogP contribution in [0.1, 0.15) is 38.5 Å². The molecule has 4 rings (SSSR count). The topological polar surface area (TPSA) is 114 Å². The number of quaternary nitrogens is 1. The molecule has 190 valence electrons. The van der Waals surface area contributed by atoms with Gasteiger partial charge in [-0.25, -0.2) is 13.6 Å². The van der Waals surface area contributed by atoms with Crippen LogP contribution in [0.2, 0.25) is 0 Å². The Labute approximate surface area is 194 Å². The Hall–Kier alpha value is -1.11. The number of nitrogens with one attached hydrogen (secondary N) is 2. The van der Waals surface area contributed by atoms with Crippen LogP contribution in [0.15, 0.2) is 0 Å². The summed E-state index contributed by atoms with van der Waals surface area (Å²) in [5.74, 6) is 0. The molecule has 3 aliphatic heterocycles. The van der Waals surface area contributed by atoms with E-state index in [4.69, 9.17) is 4.74 Å². The van der Waals surface area contributed by atoms with Gasteiger partial charge in [-0.05, 0) is 25.7 Å². The van der Waals surface area contributed by atoms with Crippen LogP contribution in [0.4, 0.5) is 13.6 Å². The van der Waals surface area contributed by atoms with Crippen molar-refractivity contribution >= 4 is 6.03 Å². The number of amides is 2. The molecule has 2 amide bonds. The number of alkyl halides is 2. The number of urea groups is 1. The molecule has 0 aromatic rings. The van der Waals surface area contributed by atoms with Gasteiger partial charge in [0.1, 0.15) is 30.7 Å². The number of aliphatic hydroxyl groups excluding tert-OH is 2. The van der Waals surface area contributed by atoms with E-state index < -0.39 is 42.7 Å². The SMILES string of the molecule is O=C(NCC1OC(CO)C(O)C1N1CCN(C2CCCC[NH2+]2)CC1)NC1CCC(F)CC1F. The molecule has 4 aliphatic rings. The number of rotatable bonds is 6.